The molecule has 0 fully saturated rings. The largest absolute Gasteiger partial charge is 0.350 e. The van der Waals surface area contributed by atoms with Crippen molar-refractivity contribution in [2.24, 2.45) is 10.7 Å². The summed E-state index contributed by atoms with van der Waals surface area (Å²) in [6.45, 7) is 2.84. The van der Waals surface area contributed by atoms with E-state index in [-0.39, 0.29) is 6.15 Å². The van der Waals surface area contributed by atoms with Crippen LogP contribution in [0.1, 0.15) is 0 Å². The second kappa shape index (κ2) is 4.10. The predicted octanol–water partition coefficient (Wildman–Crippen LogP) is -0.715. The summed E-state index contributed by atoms with van der Waals surface area (Å²) in [5.74, 6) is 0. The average Bonchev–Trinajstić information content (AvgIpc) is 1.38. The first kappa shape index (κ1) is 8.92. The molecule has 3 radical (unpaired) electrons. The smallest absolute Gasteiger partial charge is 0.337 e. The lowest BCUT2D eigenvalue weighted by Crippen LogP contribution is -2.01. The molecular weight excluding hydrogens is 82.0 g/mol. The molecule has 0 aromatic rings. The van der Waals surface area contributed by atoms with Crippen molar-refractivity contribution in [3.63, 3.8) is 0 Å². The number of nitrogens with two attached hydrogens (primary N) is 1. The topological polar surface area (TPSA) is 85.9 Å². The van der Waals surface area contributed by atoms with E-state index in [4.69, 9.17) is 0 Å². The molecule has 0 aromatic heterocycles. The van der Waals surface area contributed by atoms with Gasteiger partial charge in [-0.2, -0.15) is 0 Å². The number of carbonyl (C=O) groups excluding carboxylic acids is 1. The Kier molecular flexibility index (Phi) is 6.10. The minimum absolute atomic E-state index is 0. The third kappa shape index (κ3) is 11.3. The van der Waals surface area contributed by atoms with Gasteiger partial charge in [0, 0.05) is 6.15 Å². The zero-order valence-electron chi connectivity index (χ0n) is 3.09. The molecule has 4 nitrogen and oxygen atoms in total. The number of aliphatic imine (C=N–C) groups is 1. The van der Waals surface area contributed by atoms with Crippen LogP contribution in [0.5, 0.6) is 0 Å². The number of urea groups is 1. The summed E-state index contributed by atoms with van der Waals surface area (Å²) in [5, 5.41) is 0. The maximum absolute atomic E-state index is 9.36. The highest BCUT2D eigenvalue weighted by atomic mass is 16.2. The SMILES string of the molecule is C=NC(N)=O.[N]. The van der Waals surface area contributed by atoms with Crippen LogP contribution >= 0.6 is 0 Å². The minimum atomic E-state index is -0.731. The number of amides is 2. The zero-order valence-corrected chi connectivity index (χ0v) is 3.09. The molecule has 0 aliphatic rings. The van der Waals surface area contributed by atoms with Crippen molar-refractivity contribution >= 4 is 12.7 Å². The van der Waals surface area contributed by atoms with Gasteiger partial charge in [0.15, 0.2) is 0 Å². The maximum atomic E-state index is 9.36. The number of nitrogens with zero attached hydrogens (tertiary/aromatic N) is 2. The lowest BCUT2D eigenvalue weighted by molar-refractivity contribution is 0.257. The number of carbonyl (C=O) groups is 1. The van der Waals surface area contributed by atoms with Crippen LogP contribution in [0.4, 0.5) is 4.79 Å². The van der Waals surface area contributed by atoms with Crippen molar-refractivity contribution in [2.45, 2.75) is 0 Å². The second-order valence-corrected chi connectivity index (χ2v) is 0.496. The number of hydrogen-bond acceptors (Lipinski definition) is 1. The van der Waals surface area contributed by atoms with Crippen LogP contribution < -0.4 is 11.9 Å². The van der Waals surface area contributed by atoms with Crippen LogP contribution in [0.25, 0.3) is 0 Å². The molecule has 0 atom stereocenters. The summed E-state index contributed by atoms with van der Waals surface area (Å²) in [5.41, 5.74) is 4.42. The van der Waals surface area contributed by atoms with E-state index in [9.17, 15) is 4.79 Å². The monoisotopic (exact) mass is 86.0 g/mol. The van der Waals surface area contributed by atoms with Gasteiger partial charge in [0.2, 0.25) is 0 Å². The minimum Gasteiger partial charge on any atom is -0.350 e. The predicted molar refractivity (Wildman–Crippen MR) is 21.3 cm³/mol. The molecule has 0 heterocycles. The van der Waals surface area contributed by atoms with Crippen LogP contribution in [-0.2, 0) is 0 Å². The summed E-state index contributed by atoms with van der Waals surface area (Å²) in [4.78, 5) is 12.1. The van der Waals surface area contributed by atoms with E-state index in [1.165, 1.54) is 0 Å². The molecule has 0 saturated carbocycles. The van der Waals surface area contributed by atoms with Gasteiger partial charge in [-0.15, -0.1) is 0 Å². The van der Waals surface area contributed by atoms with E-state index >= 15 is 0 Å². The number of rotatable bonds is 0. The van der Waals surface area contributed by atoms with Crippen molar-refractivity contribution in [2.75, 3.05) is 0 Å². The molecule has 0 aliphatic heterocycles. The Balaban J connectivity index is 0. The van der Waals surface area contributed by atoms with Crippen LogP contribution in [0.2, 0.25) is 0 Å². The van der Waals surface area contributed by atoms with Gasteiger partial charge in [-0.05, 0) is 6.72 Å². The van der Waals surface area contributed by atoms with E-state index in [0.717, 1.165) is 0 Å². The summed E-state index contributed by atoms with van der Waals surface area (Å²) < 4.78 is 0. The van der Waals surface area contributed by atoms with Crippen LogP contribution in [-0.4, -0.2) is 12.7 Å². The molecule has 0 unspecified atom stereocenters. The van der Waals surface area contributed by atoms with Crippen molar-refractivity contribution in [1.82, 2.24) is 6.15 Å². The van der Waals surface area contributed by atoms with Crippen molar-refractivity contribution < 1.29 is 4.79 Å². The first-order valence-corrected chi connectivity index (χ1v) is 1.03. The van der Waals surface area contributed by atoms with Gasteiger partial charge in [0.25, 0.3) is 0 Å². The number of hydrogen-bond donors (Lipinski definition) is 1. The molecule has 0 spiro atoms. The van der Waals surface area contributed by atoms with Crippen LogP contribution in [0, 0.1) is 0 Å². The highest BCUT2D eigenvalue weighted by Gasteiger charge is 1.70. The fraction of sp³-hybridized carbons (Fsp3) is 0. The van der Waals surface area contributed by atoms with E-state index in [1.807, 2.05) is 0 Å². The summed E-state index contributed by atoms with van der Waals surface area (Å²) in [6, 6.07) is -0.731. The Bertz CT molecular complexity index is 59.8. The van der Waals surface area contributed by atoms with E-state index in [0.29, 0.717) is 0 Å². The first-order valence-electron chi connectivity index (χ1n) is 1.03. The van der Waals surface area contributed by atoms with Crippen molar-refractivity contribution in [1.29, 1.82) is 0 Å². The third-order valence-electron chi connectivity index (χ3n) is 0.156. The van der Waals surface area contributed by atoms with E-state index in [2.05, 4.69) is 17.4 Å². The van der Waals surface area contributed by atoms with E-state index in [1.54, 1.807) is 0 Å². The van der Waals surface area contributed by atoms with Gasteiger partial charge in [-0.1, -0.05) is 0 Å². The second-order valence-electron chi connectivity index (χ2n) is 0.496. The van der Waals surface area contributed by atoms with Crippen LogP contribution in [0.3, 0.4) is 0 Å². The quantitative estimate of drug-likeness (QED) is 0.387. The van der Waals surface area contributed by atoms with Gasteiger partial charge in [0.05, 0.1) is 0 Å². The van der Waals surface area contributed by atoms with Crippen molar-refractivity contribution in [3.05, 3.63) is 0 Å². The molecule has 0 aromatic carbocycles. The Morgan fingerprint density at radius 3 is 2.00 bits per heavy atom. The lowest BCUT2D eigenvalue weighted by Gasteiger charge is -1.66. The normalized spacial score (nSPS) is 5.33. The molecule has 0 saturated heterocycles. The van der Waals surface area contributed by atoms with Gasteiger partial charge in [0.1, 0.15) is 0 Å². The molecule has 2 amide bonds. The highest BCUT2D eigenvalue weighted by molar-refractivity contribution is 5.76. The maximum Gasteiger partial charge on any atom is 0.337 e. The average molecular weight is 86.1 g/mol. The van der Waals surface area contributed by atoms with Gasteiger partial charge < -0.3 is 5.73 Å². The van der Waals surface area contributed by atoms with Crippen molar-refractivity contribution in [3.8, 4) is 0 Å². The standard InChI is InChI=1S/C2H4N2O.N/c1-4-2(3)5;/h1H2,(H2,3,5);. The number of primary amides is 1. The molecular formula is C2H4N3O. The third-order valence-corrected chi connectivity index (χ3v) is 0.156. The summed E-state index contributed by atoms with van der Waals surface area (Å²) in [7, 11) is 0. The molecule has 0 bridgehead atoms. The van der Waals surface area contributed by atoms with Gasteiger partial charge >= 0.3 is 6.03 Å². The molecule has 6 heavy (non-hydrogen) atoms. The molecule has 0 rings (SSSR count). The highest BCUT2D eigenvalue weighted by Crippen LogP contribution is 1.53. The Hall–Kier alpha value is -0.900. The van der Waals surface area contributed by atoms with E-state index < -0.39 is 6.03 Å². The Labute approximate surface area is 35.6 Å². The Morgan fingerprint density at radius 2 is 2.00 bits per heavy atom. The fourth-order valence-corrected chi connectivity index (χ4v) is 0. The molecule has 33 valence electrons. The van der Waals surface area contributed by atoms with Gasteiger partial charge in [-0.3, -0.25) is 0 Å². The fourth-order valence-electron chi connectivity index (χ4n) is 0. The van der Waals surface area contributed by atoms with Crippen LogP contribution in [0.15, 0.2) is 4.99 Å². The summed E-state index contributed by atoms with van der Waals surface area (Å²) in [6.07, 6.45) is 0. The first-order chi connectivity index (χ1) is 2.27. The molecule has 0 aliphatic carbocycles. The summed E-state index contributed by atoms with van der Waals surface area (Å²) >= 11 is 0. The molecule has 4 heteroatoms. The lowest BCUT2D eigenvalue weighted by atomic mass is 11.1. The Morgan fingerprint density at radius 1 is 1.83 bits per heavy atom. The van der Waals surface area contributed by atoms with Gasteiger partial charge in [-0.25, -0.2) is 9.79 Å². The zero-order chi connectivity index (χ0) is 4.28. The molecule has 2 N–H and O–H groups in total.